The van der Waals surface area contributed by atoms with Gasteiger partial charge in [-0.3, -0.25) is 0 Å². The number of anilines is 1. The molecule has 0 aliphatic rings. The standard InChI is InChI=1S/C27H38N2O5S2/c1-6-7-8-9-10-14-17-28-26(32)29(35)23-21(24(30)34-27(3,4)5)19(2)22(36-23)25(31)33-18-20-15-12-11-13-16-20/h11-13,15-16,35H,6-10,14,17-18H2,1-5H3,(H,28,32). The Morgan fingerprint density at radius 1 is 1.00 bits per heavy atom. The lowest BCUT2D eigenvalue weighted by Gasteiger charge is -2.21. The fourth-order valence-corrected chi connectivity index (χ4v) is 4.86. The molecule has 2 rings (SSSR count). The fraction of sp³-hybridized carbons (Fsp3) is 0.519. The summed E-state index contributed by atoms with van der Waals surface area (Å²) in [5.74, 6) is -1.21. The van der Waals surface area contributed by atoms with Crippen LogP contribution in [0.4, 0.5) is 9.80 Å². The van der Waals surface area contributed by atoms with E-state index in [-0.39, 0.29) is 22.0 Å². The Labute approximate surface area is 224 Å². The minimum atomic E-state index is -0.752. The van der Waals surface area contributed by atoms with Gasteiger partial charge in [0.05, 0.1) is 5.56 Å². The largest absolute Gasteiger partial charge is 0.457 e. The van der Waals surface area contributed by atoms with Crippen LogP contribution in [0.5, 0.6) is 0 Å². The zero-order chi connectivity index (χ0) is 26.7. The van der Waals surface area contributed by atoms with Crippen LogP contribution in [0.3, 0.4) is 0 Å². The van der Waals surface area contributed by atoms with Gasteiger partial charge in [-0.05, 0) is 45.2 Å². The molecule has 0 radical (unpaired) electrons. The maximum Gasteiger partial charge on any atom is 0.349 e. The lowest BCUT2D eigenvalue weighted by atomic mass is 10.1. The molecule has 1 aromatic carbocycles. The van der Waals surface area contributed by atoms with Crippen LogP contribution in [0.1, 0.15) is 97.4 Å². The molecule has 2 amide bonds. The highest BCUT2D eigenvalue weighted by atomic mass is 32.1. The molecule has 2 aromatic rings. The SMILES string of the molecule is CCCCCCCCNC(=O)N(S)c1sc(C(=O)OCc2ccccc2)c(C)c1C(=O)OC(C)(C)C. The first-order chi connectivity index (χ1) is 17.0. The van der Waals surface area contributed by atoms with Crippen LogP contribution in [0.25, 0.3) is 0 Å². The molecule has 198 valence electrons. The molecular weight excluding hydrogens is 496 g/mol. The molecule has 9 heteroatoms. The van der Waals surface area contributed by atoms with Gasteiger partial charge < -0.3 is 14.8 Å². The number of nitrogens with one attached hydrogen (secondary N) is 1. The molecule has 0 aliphatic carbocycles. The summed E-state index contributed by atoms with van der Waals surface area (Å²) < 4.78 is 12.1. The molecule has 0 saturated heterocycles. The molecule has 0 atom stereocenters. The zero-order valence-corrected chi connectivity index (χ0v) is 23.6. The molecule has 7 nitrogen and oxygen atoms in total. The Morgan fingerprint density at radius 3 is 2.28 bits per heavy atom. The van der Waals surface area contributed by atoms with Gasteiger partial charge in [0.1, 0.15) is 22.1 Å². The number of benzene rings is 1. The summed E-state index contributed by atoms with van der Waals surface area (Å²) in [4.78, 5) is 39.0. The zero-order valence-electron chi connectivity index (χ0n) is 21.9. The van der Waals surface area contributed by atoms with E-state index in [1.165, 1.54) is 19.3 Å². The average molecular weight is 535 g/mol. The summed E-state index contributed by atoms with van der Waals surface area (Å²) in [7, 11) is 0. The van der Waals surface area contributed by atoms with E-state index in [0.29, 0.717) is 12.1 Å². The number of thiophene rings is 1. The van der Waals surface area contributed by atoms with Crippen molar-refractivity contribution >= 4 is 47.1 Å². The first-order valence-electron chi connectivity index (χ1n) is 12.4. The first kappa shape index (κ1) is 29.7. The number of hydrogen-bond acceptors (Lipinski definition) is 7. The van der Waals surface area contributed by atoms with Crippen molar-refractivity contribution in [1.29, 1.82) is 0 Å². The molecule has 1 aromatic heterocycles. The van der Waals surface area contributed by atoms with E-state index < -0.39 is 23.6 Å². The molecule has 0 saturated carbocycles. The number of carbonyl (C=O) groups excluding carboxylic acids is 3. The van der Waals surface area contributed by atoms with Gasteiger partial charge in [-0.1, -0.05) is 82.2 Å². The van der Waals surface area contributed by atoms with Gasteiger partial charge in [-0.25, -0.2) is 18.7 Å². The molecule has 0 spiro atoms. The number of thiol groups is 1. The maximum absolute atomic E-state index is 13.1. The number of urea groups is 1. The van der Waals surface area contributed by atoms with E-state index in [0.717, 1.165) is 40.5 Å². The second-order valence-electron chi connectivity index (χ2n) is 9.61. The van der Waals surface area contributed by atoms with Gasteiger partial charge in [-0.2, -0.15) is 0 Å². The van der Waals surface area contributed by atoms with E-state index in [9.17, 15) is 14.4 Å². The summed E-state index contributed by atoms with van der Waals surface area (Å²) in [5, 5.41) is 3.06. The van der Waals surface area contributed by atoms with Crippen molar-refractivity contribution in [3.63, 3.8) is 0 Å². The fourth-order valence-electron chi connectivity index (χ4n) is 3.47. The highest BCUT2D eigenvalue weighted by Gasteiger charge is 2.32. The van der Waals surface area contributed by atoms with Gasteiger partial charge in [-0.15, -0.1) is 11.3 Å². The highest BCUT2D eigenvalue weighted by molar-refractivity contribution is 7.83. The second kappa shape index (κ2) is 14.3. The van der Waals surface area contributed by atoms with Gasteiger partial charge >= 0.3 is 18.0 Å². The van der Waals surface area contributed by atoms with Gasteiger partial charge in [0.25, 0.3) is 0 Å². The van der Waals surface area contributed by atoms with Crippen LogP contribution in [0, 0.1) is 6.92 Å². The molecular formula is C27H38N2O5S2. The molecule has 0 fully saturated rings. The molecule has 0 aliphatic heterocycles. The van der Waals surface area contributed by atoms with Crippen molar-refractivity contribution in [3.8, 4) is 0 Å². The van der Waals surface area contributed by atoms with Crippen molar-refractivity contribution in [2.24, 2.45) is 0 Å². The number of esters is 2. The lowest BCUT2D eigenvalue weighted by Crippen LogP contribution is -2.35. The van der Waals surface area contributed by atoms with E-state index in [1.807, 2.05) is 30.3 Å². The maximum atomic E-state index is 13.1. The summed E-state index contributed by atoms with van der Waals surface area (Å²) in [6.07, 6.45) is 6.63. The quantitative estimate of drug-likeness (QED) is 0.172. The third-order valence-corrected chi connectivity index (χ3v) is 7.09. The summed E-state index contributed by atoms with van der Waals surface area (Å²) in [6, 6.07) is 8.85. The molecule has 1 N–H and O–H groups in total. The number of unbranched alkanes of at least 4 members (excludes halogenated alkanes) is 5. The minimum absolute atomic E-state index is 0.0947. The number of ether oxygens (including phenoxy) is 2. The highest BCUT2D eigenvalue weighted by Crippen LogP contribution is 2.38. The normalized spacial score (nSPS) is 11.2. The van der Waals surface area contributed by atoms with Crippen molar-refractivity contribution < 1.29 is 23.9 Å². The van der Waals surface area contributed by atoms with Crippen molar-refractivity contribution in [3.05, 3.63) is 51.9 Å². The summed E-state index contributed by atoms with van der Waals surface area (Å²) in [5.41, 5.74) is 0.618. The third-order valence-electron chi connectivity index (χ3n) is 5.32. The van der Waals surface area contributed by atoms with Crippen LogP contribution in [-0.4, -0.2) is 30.1 Å². The Morgan fingerprint density at radius 2 is 1.64 bits per heavy atom. The second-order valence-corrected chi connectivity index (χ2v) is 11.0. The number of nitrogens with zero attached hydrogens (tertiary/aromatic N) is 1. The molecule has 36 heavy (non-hydrogen) atoms. The predicted octanol–water partition coefficient (Wildman–Crippen LogP) is 7.09. The minimum Gasteiger partial charge on any atom is -0.457 e. The van der Waals surface area contributed by atoms with Gasteiger partial charge in [0, 0.05) is 6.54 Å². The smallest absolute Gasteiger partial charge is 0.349 e. The van der Waals surface area contributed by atoms with Crippen LogP contribution < -0.4 is 9.62 Å². The van der Waals surface area contributed by atoms with Crippen LogP contribution >= 0.6 is 24.2 Å². The third kappa shape index (κ3) is 9.17. The molecule has 0 unspecified atom stereocenters. The van der Waals surface area contributed by atoms with E-state index >= 15 is 0 Å². The van der Waals surface area contributed by atoms with Gasteiger partial charge in [0.2, 0.25) is 0 Å². The van der Waals surface area contributed by atoms with Crippen molar-refractivity contribution in [2.75, 3.05) is 10.8 Å². The van der Waals surface area contributed by atoms with Crippen LogP contribution in [-0.2, 0) is 16.1 Å². The Hall–Kier alpha value is -2.52. The lowest BCUT2D eigenvalue weighted by molar-refractivity contribution is 0.00704. The average Bonchev–Trinajstić information content (AvgIpc) is 3.18. The Balaban J connectivity index is 2.18. The number of amides is 2. The number of hydrogen-bond donors (Lipinski definition) is 2. The van der Waals surface area contributed by atoms with E-state index in [1.54, 1.807) is 27.7 Å². The van der Waals surface area contributed by atoms with Crippen LogP contribution in [0.2, 0.25) is 0 Å². The number of rotatable bonds is 12. The monoisotopic (exact) mass is 534 g/mol. The summed E-state index contributed by atoms with van der Waals surface area (Å²) in [6.45, 7) is 9.69. The van der Waals surface area contributed by atoms with E-state index in [2.05, 4.69) is 25.1 Å². The Bertz CT molecular complexity index is 1020. The first-order valence-corrected chi connectivity index (χ1v) is 13.6. The van der Waals surface area contributed by atoms with E-state index in [4.69, 9.17) is 9.47 Å². The number of carbonyl (C=O) groups is 3. The summed E-state index contributed by atoms with van der Waals surface area (Å²) >= 11 is 5.36. The predicted molar refractivity (Wildman–Crippen MR) is 148 cm³/mol. The molecule has 0 bridgehead atoms. The van der Waals surface area contributed by atoms with Crippen molar-refractivity contribution in [2.45, 2.75) is 85.4 Å². The molecule has 1 heterocycles. The topological polar surface area (TPSA) is 84.9 Å². The Kier molecular flexibility index (Phi) is 11.8. The van der Waals surface area contributed by atoms with Gasteiger partial charge in [0.15, 0.2) is 0 Å². The van der Waals surface area contributed by atoms with Crippen molar-refractivity contribution in [1.82, 2.24) is 5.32 Å². The van der Waals surface area contributed by atoms with Crippen LogP contribution in [0.15, 0.2) is 30.3 Å².